The molecule has 3 aromatic rings. The summed E-state index contributed by atoms with van der Waals surface area (Å²) in [6, 6.07) is 13.2. The molecule has 2 aromatic heterocycles. The SMILES string of the molecule is Cn1nc(C(=O)Nc2nc3c(s2)CN(Cc2ccccc2)CC3)ccc1=O. The number of hydrogen-bond donors (Lipinski definition) is 1. The summed E-state index contributed by atoms with van der Waals surface area (Å²) in [7, 11) is 1.52. The van der Waals surface area contributed by atoms with Crippen LogP contribution in [0, 0.1) is 0 Å². The van der Waals surface area contributed by atoms with Crippen molar-refractivity contribution in [2.75, 3.05) is 11.9 Å². The third-order valence-electron chi connectivity index (χ3n) is 4.47. The van der Waals surface area contributed by atoms with E-state index in [0.717, 1.165) is 36.4 Å². The molecule has 0 unspecified atom stereocenters. The van der Waals surface area contributed by atoms with Crippen LogP contribution in [0.25, 0.3) is 0 Å². The maximum absolute atomic E-state index is 12.4. The molecule has 4 rings (SSSR count). The van der Waals surface area contributed by atoms with Gasteiger partial charge in [-0.2, -0.15) is 5.10 Å². The van der Waals surface area contributed by atoms with Gasteiger partial charge < -0.3 is 0 Å². The quantitative estimate of drug-likeness (QED) is 0.748. The molecule has 0 saturated carbocycles. The standard InChI is InChI=1S/C19H19N5O2S/c1-23-17(25)8-7-15(22-23)18(26)21-19-20-14-9-10-24(12-16(14)27-19)11-13-5-3-2-4-6-13/h2-8H,9-12H2,1H3,(H,20,21,26). The molecule has 0 aliphatic carbocycles. The molecular weight excluding hydrogens is 362 g/mol. The molecule has 3 heterocycles. The van der Waals surface area contributed by atoms with Crippen LogP contribution in [0.2, 0.25) is 0 Å². The van der Waals surface area contributed by atoms with Gasteiger partial charge in [0.1, 0.15) is 5.69 Å². The van der Waals surface area contributed by atoms with Crippen molar-refractivity contribution in [3.05, 3.63) is 74.6 Å². The minimum absolute atomic E-state index is 0.191. The van der Waals surface area contributed by atoms with Crippen LogP contribution in [0.1, 0.15) is 26.6 Å². The number of carbonyl (C=O) groups is 1. The minimum atomic E-state index is -0.363. The number of nitrogens with zero attached hydrogens (tertiary/aromatic N) is 4. The van der Waals surface area contributed by atoms with Gasteiger partial charge in [0.15, 0.2) is 5.13 Å². The maximum Gasteiger partial charge on any atom is 0.277 e. The van der Waals surface area contributed by atoms with E-state index in [0.29, 0.717) is 5.13 Å². The molecule has 0 saturated heterocycles. The first-order chi connectivity index (χ1) is 13.1. The number of carbonyl (C=O) groups excluding carboxylic acids is 1. The molecule has 1 amide bonds. The van der Waals surface area contributed by atoms with Crippen molar-refractivity contribution < 1.29 is 4.79 Å². The number of fused-ring (bicyclic) bond motifs is 1. The second-order valence-corrected chi connectivity index (χ2v) is 7.55. The van der Waals surface area contributed by atoms with Gasteiger partial charge in [0.05, 0.1) is 5.69 Å². The van der Waals surface area contributed by atoms with Crippen LogP contribution >= 0.6 is 11.3 Å². The zero-order valence-electron chi connectivity index (χ0n) is 14.9. The van der Waals surface area contributed by atoms with Gasteiger partial charge in [0, 0.05) is 44.0 Å². The predicted octanol–water partition coefficient (Wildman–Crippen LogP) is 2.05. The molecule has 1 N–H and O–H groups in total. The summed E-state index contributed by atoms with van der Waals surface area (Å²) < 4.78 is 1.14. The number of hydrogen-bond acceptors (Lipinski definition) is 6. The maximum atomic E-state index is 12.4. The molecule has 0 atom stereocenters. The van der Waals surface area contributed by atoms with E-state index in [2.05, 4.69) is 44.6 Å². The number of aromatic nitrogens is 3. The monoisotopic (exact) mass is 381 g/mol. The third kappa shape index (κ3) is 3.96. The van der Waals surface area contributed by atoms with Gasteiger partial charge in [-0.15, -0.1) is 11.3 Å². The molecule has 0 spiro atoms. The summed E-state index contributed by atoms with van der Waals surface area (Å²) in [5.74, 6) is -0.363. The Morgan fingerprint density at radius 2 is 2.04 bits per heavy atom. The van der Waals surface area contributed by atoms with Gasteiger partial charge in [-0.05, 0) is 11.6 Å². The molecule has 0 radical (unpaired) electrons. The fourth-order valence-electron chi connectivity index (χ4n) is 3.06. The third-order valence-corrected chi connectivity index (χ3v) is 5.47. The van der Waals surface area contributed by atoms with Gasteiger partial charge in [0.2, 0.25) is 0 Å². The summed E-state index contributed by atoms with van der Waals surface area (Å²) in [6.45, 7) is 2.68. The van der Waals surface area contributed by atoms with E-state index in [1.807, 2.05) is 6.07 Å². The molecule has 138 valence electrons. The number of aryl methyl sites for hydroxylation is 1. The lowest BCUT2D eigenvalue weighted by atomic mass is 10.1. The summed E-state index contributed by atoms with van der Waals surface area (Å²) >= 11 is 1.50. The first-order valence-corrected chi connectivity index (χ1v) is 9.51. The average molecular weight is 381 g/mol. The number of thiazole rings is 1. The average Bonchev–Trinajstić information content (AvgIpc) is 3.06. The smallest absolute Gasteiger partial charge is 0.277 e. The van der Waals surface area contributed by atoms with E-state index in [1.54, 1.807) is 0 Å². The highest BCUT2D eigenvalue weighted by molar-refractivity contribution is 7.15. The topological polar surface area (TPSA) is 80.1 Å². The Kier molecular flexibility index (Phi) is 4.83. The lowest BCUT2D eigenvalue weighted by Crippen LogP contribution is -2.29. The van der Waals surface area contributed by atoms with Crippen LogP contribution in [0.5, 0.6) is 0 Å². The largest absolute Gasteiger partial charge is 0.296 e. The molecule has 1 aliphatic heterocycles. The Labute approximate surface area is 160 Å². The Balaban J connectivity index is 1.44. The lowest BCUT2D eigenvalue weighted by molar-refractivity contribution is 0.102. The van der Waals surface area contributed by atoms with Crippen molar-refractivity contribution in [3.8, 4) is 0 Å². The molecule has 7 nitrogen and oxygen atoms in total. The van der Waals surface area contributed by atoms with Gasteiger partial charge in [-0.25, -0.2) is 9.67 Å². The van der Waals surface area contributed by atoms with Gasteiger partial charge in [-0.1, -0.05) is 30.3 Å². The summed E-state index contributed by atoms with van der Waals surface area (Å²) in [4.78, 5) is 31.9. The predicted molar refractivity (Wildman–Crippen MR) is 104 cm³/mol. The van der Waals surface area contributed by atoms with Gasteiger partial charge in [0.25, 0.3) is 11.5 Å². The van der Waals surface area contributed by atoms with Crippen molar-refractivity contribution in [2.24, 2.45) is 7.05 Å². The molecule has 1 aliphatic rings. The number of anilines is 1. The lowest BCUT2D eigenvalue weighted by Gasteiger charge is -2.25. The van der Waals surface area contributed by atoms with E-state index >= 15 is 0 Å². The Hall–Kier alpha value is -2.84. The highest BCUT2D eigenvalue weighted by atomic mass is 32.1. The van der Waals surface area contributed by atoms with Gasteiger partial charge >= 0.3 is 0 Å². The minimum Gasteiger partial charge on any atom is -0.296 e. The number of amides is 1. The van der Waals surface area contributed by atoms with E-state index in [-0.39, 0.29) is 17.2 Å². The van der Waals surface area contributed by atoms with E-state index in [4.69, 9.17) is 0 Å². The Morgan fingerprint density at radius 3 is 2.81 bits per heavy atom. The van der Waals surface area contributed by atoms with Gasteiger partial charge in [-0.3, -0.25) is 19.8 Å². The van der Waals surface area contributed by atoms with Crippen LogP contribution in [0.3, 0.4) is 0 Å². The molecule has 27 heavy (non-hydrogen) atoms. The molecule has 0 fully saturated rings. The van der Waals surface area contributed by atoms with Crippen molar-refractivity contribution in [2.45, 2.75) is 19.5 Å². The molecular formula is C19H19N5O2S. The van der Waals surface area contributed by atoms with E-state index in [1.165, 1.54) is 41.0 Å². The van der Waals surface area contributed by atoms with Crippen LogP contribution in [0.15, 0.2) is 47.3 Å². The second kappa shape index (κ2) is 7.42. The first-order valence-electron chi connectivity index (χ1n) is 8.69. The van der Waals surface area contributed by atoms with Crippen molar-refractivity contribution in [3.63, 3.8) is 0 Å². The fourth-order valence-corrected chi connectivity index (χ4v) is 4.11. The van der Waals surface area contributed by atoms with Crippen LogP contribution in [-0.4, -0.2) is 32.1 Å². The highest BCUT2D eigenvalue weighted by Crippen LogP contribution is 2.29. The molecule has 0 bridgehead atoms. The van der Waals surface area contributed by atoms with E-state index < -0.39 is 0 Å². The summed E-state index contributed by atoms with van der Waals surface area (Å²) in [6.07, 6.45) is 0.868. The fraction of sp³-hybridized carbons (Fsp3) is 0.263. The first kappa shape index (κ1) is 17.6. The molecule has 8 heteroatoms. The van der Waals surface area contributed by atoms with Crippen molar-refractivity contribution >= 4 is 22.4 Å². The number of rotatable bonds is 4. The van der Waals surface area contributed by atoms with Crippen molar-refractivity contribution in [1.29, 1.82) is 0 Å². The van der Waals surface area contributed by atoms with Crippen LogP contribution in [-0.2, 0) is 26.6 Å². The Morgan fingerprint density at radius 1 is 1.22 bits per heavy atom. The van der Waals surface area contributed by atoms with E-state index in [9.17, 15) is 9.59 Å². The Bertz CT molecular complexity index is 1030. The van der Waals surface area contributed by atoms with Crippen LogP contribution < -0.4 is 10.9 Å². The van der Waals surface area contributed by atoms with Crippen molar-refractivity contribution in [1.82, 2.24) is 19.7 Å². The zero-order valence-corrected chi connectivity index (χ0v) is 15.7. The summed E-state index contributed by atoms with van der Waals surface area (Å²) in [5.41, 5.74) is 2.28. The van der Waals surface area contributed by atoms with Crippen LogP contribution in [0.4, 0.5) is 5.13 Å². The highest BCUT2D eigenvalue weighted by Gasteiger charge is 2.22. The number of benzene rings is 1. The normalized spacial score (nSPS) is 14.0. The summed E-state index contributed by atoms with van der Waals surface area (Å²) in [5, 5.41) is 7.34. The molecule has 1 aromatic carbocycles. The zero-order chi connectivity index (χ0) is 18.8. The number of nitrogens with one attached hydrogen (secondary N) is 1. The second-order valence-electron chi connectivity index (χ2n) is 6.47.